The highest BCUT2D eigenvalue weighted by Gasteiger charge is 2.17. The number of nitrogens with zero attached hydrogens (tertiary/aromatic N) is 1. The van der Waals surface area contributed by atoms with Crippen LogP contribution in [0, 0.1) is 0 Å². The molecular formula is C12H20N2O2S. The molecule has 0 aromatic heterocycles. The molecule has 0 aliphatic rings. The van der Waals surface area contributed by atoms with Crippen LogP contribution in [0.4, 0.5) is 0 Å². The molecule has 0 heterocycles. The Morgan fingerprint density at radius 3 is 2.35 bits per heavy atom. The third-order valence-corrected chi connectivity index (χ3v) is 4.67. The van der Waals surface area contributed by atoms with E-state index in [1.54, 1.807) is 7.05 Å². The molecule has 2 N–H and O–H groups in total. The third-order valence-electron chi connectivity index (χ3n) is 2.67. The van der Waals surface area contributed by atoms with Gasteiger partial charge in [0, 0.05) is 20.1 Å². The van der Waals surface area contributed by atoms with Crippen molar-refractivity contribution in [2.45, 2.75) is 26.4 Å². The van der Waals surface area contributed by atoms with E-state index in [-0.39, 0.29) is 5.75 Å². The molecule has 5 heteroatoms. The third kappa shape index (κ3) is 3.80. The lowest BCUT2D eigenvalue weighted by atomic mass is 10.1. The number of benzene rings is 1. The summed E-state index contributed by atoms with van der Waals surface area (Å²) in [4.78, 5) is 0. The largest absolute Gasteiger partial charge is 0.326 e. The first-order valence-corrected chi connectivity index (χ1v) is 7.33. The van der Waals surface area contributed by atoms with Crippen LogP contribution in [0.25, 0.3) is 0 Å². The van der Waals surface area contributed by atoms with Crippen LogP contribution in [0.1, 0.15) is 24.5 Å². The van der Waals surface area contributed by atoms with Crippen molar-refractivity contribution in [3.8, 4) is 0 Å². The van der Waals surface area contributed by atoms with Gasteiger partial charge in [-0.2, -0.15) is 0 Å². The number of rotatable bonds is 6. The van der Waals surface area contributed by atoms with Crippen molar-refractivity contribution in [3.05, 3.63) is 35.4 Å². The van der Waals surface area contributed by atoms with Gasteiger partial charge in [0.25, 0.3) is 0 Å². The van der Waals surface area contributed by atoms with Gasteiger partial charge in [-0.15, -0.1) is 0 Å². The first kappa shape index (κ1) is 14.2. The number of nitrogens with two attached hydrogens (primary N) is 1. The van der Waals surface area contributed by atoms with Crippen LogP contribution in [0.15, 0.2) is 24.3 Å². The lowest BCUT2D eigenvalue weighted by molar-refractivity contribution is 0.464. The molecule has 0 fully saturated rings. The lowest BCUT2D eigenvalue weighted by Crippen LogP contribution is -2.29. The molecule has 1 aromatic rings. The van der Waals surface area contributed by atoms with Gasteiger partial charge in [0.05, 0.1) is 5.75 Å². The second-order valence-electron chi connectivity index (χ2n) is 4.04. The molecule has 1 rings (SSSR count). The Bertz CT molecular complexity index is 457. The van der Waals surface area contributed by atoms with Gasteiger partial charge in [0.2, 0.25) is 10.0 Å². The van der Waals surface area contributed by atoms with E-state index in [1.165, 1.54) is 4.31 Å². The van der Waals surface area contributed by atoms with Gasteiger partial charge in [0.1, 0.15) is 0 Å². The molecular weight excluding hydrogens is 236 g/mol. The quantitative estimate of drug-likeness (QED) is 0.835. The standard InChI is InChI=1S/C12H20N2O2S/c1-3-8-17(15,16)14(2)10-12-7-5-4-6-11(12)9-13/h4-7H,3,8-10,13H2,1-2H3. The summed E-state index contributed by atoms with van der Waals surface area (Å²) < 4.78 is 25.1. The van der Waals surface area contributed by atoms with E-state index in [9.17, 15) is 8.42 Å². The van der Waals surface area contributed by atoms with Gasteiger partial charge < -0.3 is 5.73 Å². The summed E-state index contributed by atoms with van der Waals surface area (Å²) in [6.45, 7) is 2.67. The van der Waals surface area contributed by atoms with Gasteiger partial charge in [-0.05, 0) is 17.5 Å². The van der Waals surface area contributed by atoms with Crippen LogP contribution in [-0.4, -0.2) is 25.5 Å². The first-order valence-electron chi connectivity index (χ1n) is 5.72. The molecule has 0 aliphatic heterocycles. The van der Waals surface area contributed by atoms with E-state index in [2.05, 4.69) is 0 Å². The van der Waals surface area contributed by atoms with Crippen molar-refractivity contribution in [3.63, 3.8) is 0 Å². The van der Waals surface area contributed by atoms with Crippen LogP contribution in [0.5, 0.6) is 0 Å². The highest BCUT2D eigenvalue weighted by atomic mass is 32.2. The van der Waals surface area contributed by atoms with Gasteiger partial charge in [-0.1, -0.05) is 31.2 Å². The monoisotopic (exact) mass is 256 g/mol. The first-order chi connectivity index (χ1) is 8.01. The van der Waals surface area contributed by atoms with Gasteiger partial charge >= 0.3 is 0 Å². The Kier molecular flexibility index (Phi) is 5.11. The zero-order valence-corrected chi connectivity index (χ0v) is 11.2. The minimum atomic E-state index is -3.14. The van der Waals surface area contributed by atoms with Crippen LogP contribution in [0.2, 0.25) is 0 Å². The highest BCUT2D eigenvalue weighted by molar-refractivity contribution is 7.89. The summed E-state index contributed by atoms with van der Waals surface area (Å²) in [5.41, 5.74) is 7.59. The Labute approximate surface area is 103 Å². The van der Waals surface area contributed by atoms with Crippen molar-refractivity contribution in [2.24, 2.45) is 5.73 Å². The summed E-state index contributed by atoms with van der Waals surface area (Å²) >= 11 is 0. The Hall–Kier alpha value is -0.910. The van der Waals surface area contributed by atoms with Crippen molar-refractivity contribution in [1.29, 1.82) is 0 Å². The Morgan fingerprint density at radius 1 is 1.24 bits per heavy atom. The molecule has 0 unspecified atom stereocenters. The van der Waals surface area contributed by atoms with E-state index in [0.717, 1.165) is 11.1 Å². The van der Waals surface area contributed by atoms with E-state index < -0.39 is 10.0 Å². The summed E-state index contributed by atoms with van der Waals surface area (Å²) in [6.07, 6.45) is 0.630. The smallest absolute Gasteiger partial charge is 0.214 e. The van der Waals surface area contributed by atoms with E-state index in [0.29, 0.717) is 19.5 Å². The Morgan fingerprint density at radius 2 is 1.82 bits per heavy atom. The fraction of sp³-hybridized carbons (Fsp3) is 0.500. The fourth-order valence-corrected chi connectivity index (χ4v) is 2.83. The highest BCUT2D eigenvalue weighted by Crippen LogP contribution is 2.13. The lowest BCUT2D eigenvalue weighted by Gasteiger charge is -2.18. The van der Waals surface area contributed by atoms with E-state index >= 15 is 0 Å². The molecule has 0 radical (unpaired) electrons. The molecule has 0 bridgehead atoms. The molecule has 1 aromatic carbocycles. The van der Waals surface area contributed by atoms with Crippen LogP contribution in [0.3, 0.4) is 0 Å². The molecule has 0 saturated heterocycles. The average Bonchev–Trinajstić information content (AvgIpc) is 2.29. The minimum absolute atomic E-state index is 0.189. The van der Waals surface area contributed by atoms with E-state index in [1.807, 2.05) is 31.2 Å². The summed E-state index contributed by atoms with van der Waals surface area (Å²) in [7, 11) is -1.53. The maximum Gasteiger partial charge on any atom is 0.214 e. The number of hydrogen-bond donors (Lipinski definition) is 1. The maximum atomic E-state index is 11.8. The van der Waals surface area contributed by atoms with Gasteiger partial charge in [-0.3, -0.25) is 0 Å². The minimum Gasteiger partial charge on any atom is -0.326 e. The zero-order chi connectivity index (χ0) is 12.9. The van der Waals surface area contributed by atoms with Gasteiger partial charge in [-0.25, -0.2) is 12.7 Å². The van der Waals surface area contributed by atoms with Crippen molar-refractivity contribution in [2.75, 3.05) is 12.8 Å². The van der Waals surface area contributed by atoms with Gasteiger partial charge in [0.15, 0.2) is 0 Å². The predicted octanol–water partition coefficient (Wildman–Crippen LogP) is 1.32. The van der Waals surface area contributed by atoms with Crippen molar-refractivity contribution >= 4 is 10.0 Å². The second kappa shape index (κ2) is 6.14. The topological polar surface area (TPSA) is 63.4 Å². The number of sulfonamides is 1. The molecule has 96 valence electrons. The summed E-state index contributed by atoms with van der Waals surface area (Å²) in [6, 6.07) is 7.65. The SMILES string of the molecule is CCCS(=O)(=O)N(C)Cc1ccccc1CN. The second-order valence-corrected chi connectivity index (χ2v) is 6.24. The molecule has 0 spiro atoms. The molecule has 0 atom stereocenters. The van der Waals surface area contributed by atoms with Crippen molar-refractivity contribution < 1.29 is 8.42 Å². The molecule has 4 nitrogen and oxygen atoms in total. The predicted molar refractivity (Wildman–Crippen MR) is 69.9 cm³/mol. The fourth-order valence-electron chi connectivity index (χ4n) is 1.66. The van der Waals surface area contributed by atoms with Crippen LogP contribution < -0.4 is 5.73 Å². The van der Waals surface area contributed by atoms with Crippen molar-refractivity contribution in [1.82, 2.24) is 4.31 Å². The normalized spacial score (nSPS) is 12.0. The maximum absolute atomic E-state index is 11.8. The summed E-state index contributed by atoms with van der Waals surface area (Å²) in [5, 5.41) is 0. The number of hydrogen-bond acceptors (Lipinski definition) is 3. The average molecular weight is 256 g/mol. The zero-order valence-electron chi connectivity index (χ0n) is 10.4. The molecule has 17 heavy (non-hydrogen) atoms. The van der Waals surface area contributed by atoms with Crippen LogP contribution in [-0.2, 0) is 23.1 Å². The molecule has 0 aliphatic carbocycles. The molecule has 0 amide bonds. The summed E-state index contributed by atoms with van der Waals surface area (Å²) in [5.74, 6) is 0.189. The van der Waals surface area contributed by atoms with Crippen LogP contribution >= 0.6 is 0 Å². The van der Waals surface area contributed by atoms with E-state index in [4.69, 9.17) is 5.73 Å². The Balaban J connectivity index is 2.84. The molecule has 0 saturated carbocycles.